The van der Waals surface area contributed by atoms with Crippen molar-refractivity contribution >= 4 is 17.7 Å². The van der Waals surface area contributed by atoms with E-state index in [1.165, 1.54) is 4.90 Å². The van der Waals surface area contributed by atoms with Crippen LogP contribution in [0.3, 0.4) is 0 Å². The second kappa shape index (κ2) is 8.97. The fourth-order valence-electron chi connectivity index (χ4n) is 2.91. The van der Waals surface area contributed by atoms with Gasteiger partial charge in [-0.1, -0.05) is 29.4 Å². The smallest absolute Gasteiger partial charge is 0.257 e. The van der Waals surface area contributed by atoms with E-state index < -0.39 is 0 Å². The van der Waals surface area contributed by atoms with Crippen LogP contribution in [0.2, 0.25) is 0 Å². The molecule has 1 aromatic heterocycles. The summed E-state index contributed by atoms with van der Waals surface area (Å²) in [6.45, 7) is 4.57. The summed E-state index contributed by atoms with van der Waals surface area (Å²) in [6.07, 6.45) is 2.05. The van der Waals surface area contributed by atoms with Gasteiger partial charge in [-0.25, -0.2) is 0 Å². The highest BCUT2D eigenvalue weighted by Crippen LogP contribution is 2.23. The van der Waals surface area contributed by atoms with E-state index in [2.05, 4.69) is 29.4 Å². The lowest BCUT2D eigenvalue weighted by atomic mass is 10.1. The second-order valence-corrected chi connectivity index (χ2v) is 7.48. The molecule has 28 heavy (non-hydrogen) atoms. The first-order valence-corrected chi connectivity index (χ1v) is 10.2. The lowest BCUT2D eigenvalue weighted by Gasteiger charge is -2.19. The molecule has 0 saturated heterocycles. The third-order valence-corrected chi connectivity index (χ3v) is 5.34. The Balaban J connectivity index is 1.72. The Labute approximate surface area is 169 Å². The number of carbonyl (C=O) groups excluding carboxylic acids is 1. The average molecular weight is 397 g/mol. The van der Waals surface area contributed by atoms with Crippen LogP contribution in [0.15, 0.2) is 57.9 Å². The zero-order valence-electron chi connectivity index (χ0n) is 16.6. The van der Waals surface area contributed by atoms with Gasteiger partial charge < -0.3 is 14.2 Å². The molecule has 3 aromatic rings. The number of aromatic nitrogens is 1. The number of rotatable bonds is 7. The Bertz CT molecular complexity index is 931. The molecule has 0 aliphatic carbocycles. The summed E-state index contributed by atoms with van der Waals surface area (Å²) in [4.78, 5) is 15.9. The van der Waals surface area contributed by atoms with E-state index in [-0.39, 0.29) is 5.91 Å². The monoisotopic (exact) mass is 396 g/mol. The van der Waals surface area contributed by atoms with Crippen LogP contribution in [0.5, 0.6) is 5.75 Å². The molecule has 6 heteroatoms. The van der Waals surface area contributed by atoms with Gasteiger partial charge >= 0.3 is 0 Å². The van der Waals surface area contributed by atoms with Crippen LogP contribution in [-0.2, 0) is 13.2 Å². The molecule has 0 aliphatic rings. The van der Waals surface area contributed by atoms with Gasteiger partial charge in [-0.3, -0.25) is 4.79 Å². The van der Waals surface area contributed by atoms with Gasteiger partial charge in [0.1, 0.15) is 18.1 Å². The molecule has 1 heterocycles. The molecular formula is C22H24N2O3S. The molecule has 0 saturated carbocycles. The number of thioether (sulfide) groups is 1. The maximum atomic E-state index is 13.0. The predicted octanol–water partition coefficient (Wildman–Crippen LogP) is 4.86. The van der Waals surface area contributed by atoms with Gasteiger partial charge in [0.15, 0.2) is 0 Å². The summed E-state index contributed by atoms with van der Waals surface area (Å²) in [7, 11) is 1.80. The zero-order valence-corrected chi connectivity index (χ0v) is 17.4. The molecule has 0 fully saturated rings. The first kappa shape index (κ1) is 20.0. The maximum Gasteiger partial charge on any atom is 0.257 e. The van der Waals surface area contributed by atoms with Crippen LogP contribution >= 0.6 is 11.8 Å². The molecule has 0 atom stereocenters. The topological polar surface area (TPSA) is 55.6 Å². The number of ether oxygens (including phenoxy) is 1. The number of hydrogen-bond donors (Lipinski definition) is 0. The van der Waals surface area contributed by atoms with Crippen molar-refractivity contribution in [2.45, 2.75) is 31.9 Å². The number of nitrogens with zero attached hydrogens (tertiary/aromatic N) is 2. The minimum atomic E-state index is -0.0803. The van der Waals surface area contributed by atoms with Crippen molar-refractivity contribution in [2.24, 2.45) is 0 Å². The van der Waals surface area contributed by atoms with E-state index in [0.29, 0.717) is 24.5 Å². The molecule has 0 bridgehead atoms. The first-order valence-electron chi connectivity index (χ1n) is 9.01. The van der Waals surface area contributed by atoms with Crippen LogP contribution in [-0.4, -0.2) is 29.3 Å². The normalized spacial score (nSPS) is 10.7. The Morgan fingerprint density at radius 3 is 2.50 bits per heavy atom. The molecule has 0 unspecified atom stereocenters. The van der Waals surface area contributed by atoms with Gasteiger partial charge in [0.25, 0.3) is 5.91 Å². The largest absolute Gasteiger partial charge is 0.488 e. The molecule has 3 rings (SSSR count). The third-order valence-electron chi connectivity index (χ3n) is 4.60. The highest BCUT2D eigenvalue weighted by molar-refractivity contribution is 7.98. The highest BCUT2D eigenvalue weighted by Gasteiger charge is 2.18. The Morgan fingerprint density at radius 1 is 1.14 bits per heavy atom. The fraction of sp³-hybridized carbons (Fsp3) is 0.273. The predicted molar refractivity (Wildman–Crippen MR) is 111 cm³/mol. The van der Waals surface area contributed by atoms with E-state index in [0.717, 1.165) is 22.6 Å². The van der Waals surface area contributed by atoms with E-state index in [1.54, 1.807) is 29.8 Å². The number of para-hydroxylation sites is 1. The summed E-state index contributed by atoms with van der Waals surface area (Å²) in [5, 5.41) is 3.94. The first-order chi connectivity index (χ1) is 13.5. The molecule has 0 spiro atoms. The van der Waals surface area contributed by atoms with Crippen LogP contribution in [0, 0.1) is 13.8 Å². The second-order valence-electron chi connectivity index (χ2n) is 6.60. The number of amides is 1. The number of hydrogen-bond acceptors (Lipinski definition) is 5. The van der Waals surface area contributed by atoms with Gasteiger partial charge in [-0.2, -0.15) is 0 Å². The standard InChI is InChI=1S/C22H24N2O3S/c1-15-20(16(2)27-23-15)14-26-21-8-6-5-7-19(21)22(25)24(3)13-17-9-11-18(28-4)12-10-17/h5-12H,13-14H2,1-4H3. The van der Waals surface area contributed by atoms with Crippen molar-refractivity contribution in [1.82, 2.24) is 10.1 Å². The summed E-state index contributed by atoms with van der Waals surface area (Å²) in [5.41, 5.74) is 3.33. The third kappa shape index (κ3) is 4.57. The number of benzene rings is 2. The number of carbonyl (C=O) groups is 1. The molecule has 1 amide bonds. The molecule has 146 valence electrons. The summed E-state index contributed by atoms with van der Waals surface area (Å²) < 4.78 is 11.1. The van der Waals surface area contributed by atoms with Gasteiger partial charge in [-0.05, 0) is 49.9 Å². The van der Waals surface area contributed by atoms with Crippen molar-refractivity contribution in [3.8, 4) is 5.75 Å². The molecule has 2 aromatic carbocycles. The minimum absolute atomic E-state index is 0.0803. The minimum Gasteiger partial charge on any atom is -0.488 e. The highest BCUT2D eigenvalue weighted by atomic mass is 32.2. The van der Waals surface area contributed by atoms with Crippen LogP contribution in [0.4, 0.5) is 0 Å². The molecule has 0 aliphatic heterocycles. The Hall–Kier alpha value is -2.73. The molecule has 5 nitrogen and oxygen atoms in total. The lowest BCUT2D eigenvalue weighted by Crippen LogP contribution is -2.26. The molecular weight excluding hydrogens is 372 g/mol. The van der Waals surface area contributed by atoms with Gasteiger partial charge in [0, 0.05) is 18.5 Å². The average Bonchev–Trinajstić information content (AvgIpc) is 3.04. The van der Waals surface area contributed by atoms with Crippen LogP contribution in [0.25, 0.3) is 0 Å². The van der Waals surface area contributed by atoms with E-state index in [1.807, 2.05) is 38.3 Å². The maximum absolute atomic E-state index is 13.0. The SMILES string of the molecule is CSc1ccc(CN(C)C(=O)c2ccccc2OCc2c(C)noc2C)cc1. The van der Waals surface area contributed by atoms with Crippen molar-refractivity contribution < 1.29 is 14.1 Å². The lowest BCUT2D eigenvalue weighted by molar-refractivity contribution is 0.0780. The summed E-state index contributed by atoms with van der Waals surface area (Å²) in [6, 6.07) is 15.5. The van der Waals surface area contributed by atoms with Crippen molar-refractivity contribution in [2.75, 3.05) is 13.3 Å². The van der Waals surface area contributed by atoms with Gasteiger partial charge in [0.2, 0.25) is 0 Å². The Kier molecular flexibility index (Phi) is 6.41. The fourth-order valence-corrected chi connectivity index (χ4v) is 3.32. The quantitative estimate of drug-likeness (QED) is 0.534. The Morgan fingerprint density at radius 2 is 1.86 bits per heavy atom. The molecule has 0 N–H and O–H groups in total. The number of aryl methyl sites for hydroxylation is 2. The van der Waals surface area contributed by atoms with Crippen molar-refractivity contribution in [1.29, 1.82) is 0 Å². The van der Waals surface area contributed by atoms with Crippen molar-refractivity contribution in [3.63, 3.8) is 0 Å². The van der Waals surface area contributed by atoms with Gasteiger partial charge in [0.05, 0.1) is 16.8 Å². The molecule has 0 radical (unpaired) electrons. The van der Waals surface area contributed by atoms with Crippen LogP contribution in [0.1, 0.15) is 32.9 Å². The zero-order chi connectivity index (χ0) is 20.1. The van der Waals surface area contributed by atoms with Gasteiger partial charge in [-0.15, -0.1) is 11.8 Å². The van der Waals surface area contributed by atoms with E-state index in [4.69, 9.17) is 9.26 Å². The summed E-state index contributed by atoms with van der Waals surface area (Å²) in [5.74, 6) is 1.20. The van der Waals surface area contributed by atoms with Crippen LogP contribution < -0.4 is 4.74 Å². The summed E-state index contributed by atoms with van der Waals surface area (Å²) >= 11 is 1.70. The van der Waals surface area contributed by atoms with Crippen molar-refractivity contribution in [3.05, 3.63) is 76.7 Å². The van der Waals surface area contributed by atoms with E-state index >= 15 is 0 Å². The van der Waals surface area contributed by atoms with E-state index in [9.17, 15) is 4.79 Å².